The van der Waals surface area contributed by atoms with Gasteiger partial charge in [-0.3, -0.25) is 0 Å². The highest BCUT2D eigenvalue weighted by molar-refractivity contribution is 9.10. The van der Waals surface area contributed by atoms with Crippen LogP contribution in [-0.2, 0) is 6.54 Å². The van der Waals surface area contributed by atoms with Crippen LogP contribution in [0.1, 0.15) is 26.5 Å². The molecule has 1 aromatic heterocycles. The van der Waals surface area contributed by atoms with Crippen LogP contribution in [0.2, 0.25) is 0 Å². The first-order valence-electron chi connectivity index (χ1n) is 6.67. The zero-order valence-corrected chi connectivity index (χ0v) is 13.9. The minimum absolute atomic E-state index is 0.0180. The van der Waals surface area contributed by atoms with E-state index in [1.165, 1.54) is 12.1 Å². The summed E-state index contributed by atoms with van der Waals surface area (Å²) in [5.74, 6) is 0.497. The van der Waals surface area contributed by atoms with Gasteiger partial charge in [-0.15, -0.1) is 0 Å². The molecule has 21 heavy (non-hydrogen) atoms. The Kier molecular flexibility index (Phi) is 4.96. The molecule has 1 aromatic carbocycles. The molecule has 0 spiro atoms. The molecule has 5 heteroatoms. The van der Waals surface area contributed by atoms with Gasteiger partial charge in [0.2, 0.25) is 5.88 Å². The average Bonchev–Trinajstić information content (AvgIpc) is 2.40. The highest BCUT2D eigenvalue weighted by atomic mass is 79.9. The standard InChI is InChI=1S/C16H18BrFN2O/c1-16(2,3)19-10-12-5-4-6-15(20-12)21-14-9-11(18)7-8-13(14)17/h4-9,19H,10H2,1-3H3. The van der Waals surface area contributed by atoms with Crippen LogP contribution < -0.4 is 10.1 Å². The Morgan fingerprint density at radius 2 is 2.00 bits per heavy atom. The van der Waals surface area contributed by atoms with E-state index in [1.807, 2.05) is 12.1 Å². The van der Waals surface area contributed by atoms with Crippen molar-refractivity contribution in [1.29, 1.82) is 0 Å². The van der Waals surface area contributed by atoms with Gasteiger partial charge in [-0.25, -0.2) is 9.37 Å². The van der Waals surface area contributed by atoms with E-state index in [4.69, 9.17) is 4.74 Å². The van der Waals surface area contributed by atoms with E-state index in [2.05, 4.69) is 47.0 Å². The third-order valence-corrected chi connectivity index (χ3v) is 3.34. The predicted octanol–water partition coefficient (Wildman–Crippen LogP) is 4.66. The van der Waals surface area contributed by atoms with Gasteiger partial charge in [0, 0.05) is 24.2 Å². The quantitative estimate of drug-likeness (QED) is 0.868. The number of pyridine rings is 1. The molecule has 2 aromatic rings. The molecule has 0 amide bonds. The van der Waals surface area contributed by atoms with E-state index in [-0.39, 0.29) is 11.4 Å². The van der Waals surface area contributed by atoms with E-state index in [0.717, 1.165) is 5.69 Å². The van der Waals surface area contributed by atoms with E-state index < -0.39 is 0 Å². The maximum Gasteiger partial charge on any atom is 0.219 e. The molecular formula is C16H18BrFN2O. The van der Waals surface area contributed by atoms with Crippen molar-refractivity contribution in [2.45, 2.75) is 32.9 Å². The molecule has 0 atom stereocenters. The lowest BCUT2D eigenvalue weighted by Crippen LogP contribution is -2.35. The first kappa shape index (κ1) is 15.9. The summed E-state index contributed by atoms with van der Waals surface area (Å²) in [6, 6.07) is 9.84. The minimum atomic E-state index is -0.348. The van der Waals surface area contributed by atoms with Crippen LogP contribution in [0.5, 0.6) is 11.6 Å². The van der Waals surface area contributed by atoms with Gasteiger partial charge < -0.3 is 10.1 Å². The van der Waals surface area contributed by atoms with Crippen LogP contribution in [0.4, 0.5) is 4.39 Å². The number of benzene rings is 1. The maximum atomic E-state index is 13.2. The first-order chi connectivity index (χ1) is 9.83. The fraction of sp³-hybridized carbons (Fsp3) is 0.312. The van der Waals surface area contributed by atoms with Crippen LogP contribution in [-0.4, -0.2) is 10.5 Å². The van der Waals surface area contributed by atoms with Gasteiger partial charge in [0.25, 0.3) is 0 Å². The largest absolute Gasteiger partial charge is 0.438 e. The van der Waals surface area contributed by atoms with E-state index in [1.54, 1.807) is 12.1 Å². The third kappa shape index (κ3) is 5.10. The molecule has 0 unspecified atom stereocenters. The molecule has 0 aliphatic rings. The Bertz CT molecular complexity index is 626. The third-order valence-electron chi connectivity index (χ3n) is 2.69. The van der Waals surface area contributed by atoms with Crippen molar-refractivity contribution in [3.05, 3.63) is 52.4 Å². The van der Waals surface area contributed by atoms with Crippen molar-refractivity contribution in [1.82, 2.24) is 10.3 Å². The maximum absolute atomic E-state index is 13.2. The lowest BCUT2D eigenvalue weighted by atomic mass is 10.1. The van der Waals surface area contributed by atoms with Crippen LogP contribution >= 0.6 is 15.9 Å². The van der Waals surface area contributed by atoms with Crippen LogP contribution in [0.25, 0.3) is 0 Å². The van der Waals surface area contributed by atoms with Crippen molar-refractivity contribution in [2.24, 2.45) is 0 Å². The second-order valence-electron chi connectivity index (χ2n) is 5.75. The van der Waals surface area contributed by atoms with Gasteiger partial charge in [-0.2, -0.15) is 0 Å². The molecule has 2 rings (SSSR count). The normalized spacial score (nSPS) is 11.5. The lowest BCUT2D eigenvalue weighted by molar-refractivity contribution is 0.415. The Balaban J connectivity index is 2.12. The molecule has 0 saturated heterocycles. The van der Waals surface area contributed by atoms with Crippen molar-refractivity contribution < 1.29 is 9.13 Å². The van der Waals surface area contributed by atoms with Crippen LogP contribution in [0.3, 0.4) is 0 Å². The molecule has 0 bridgehead atoms. The van der Waals surface area contributed by atoms with Gasteiger partial charge in [-0.1, -0.05) is 6.07 Å². The van der Waals surface area contributed by atoms with Gasteiger partial charge >= 0.3 is 0 Å². The Morgan fingerprint density at radius 3 is 2.71 bits per heavy atom. The SMILES string of the molecule is CC(C)(C)NCc1cccc(Oc2cc(F)ccc2Br)n1. The summed E-state index contributed by atoms with van der Waals surface area (Å²) in [4.78, 5) is 4.41. The van der Waals surface area contributed by atoms with Gasteiger partial charge in [0.15, 0.2) is 0 Å². The van der Waals surface area contributed by atoms with Crippen molar-refractivity contribution in [2.75, 3.05) is 0 Å². The zero-order chi connectivity index (χ0) is 15.5. The number of aromatic nitrogens is 1. The van der Waals surface area contributed by atoms with Gasteiger partial charge in [0.05, 0.1) is 10.2 Å². The molecule has 1 N–H and O–H groups in total. The number of hydrogen-bond acceptors (Lipinski definition) is 3. The average molecular weight is 353 g/mol. The second-order valence-corrected chi connectivity index (χ2v) is 6.60. The van der Waals surface area contributed by atoms with Crippen LogP contribution in [0.15, 0.2) is 40.9 Å². The molecule has 0 fully saturated rings. The number of nitrogens with one attached hydrogen (secondary N) is 1. The summed E-state index contributed by atoms with van der Waals surface area (Å²) in [6.45, 7) is 6.93. The predicted molar refractivity (Wildman–Crippen MR) is 85.0 cm³/mol. The summed E-state index contributed by atoms with van der Waals surface area (Å²) in [5.41, 5.74) is 0.888. The molecule has 3 nitrogen and oxygen atoms in total. The monoisotopic (exact) mass is 352 g/mol. The van der Waals surface area contributed by atoms with Crippen LogP contribution in [0, 0.1) is 5.82 Å². The van der Waals surface area contributed by atoms with E-state index in [9.17, 15) is 4.39 Å². The number of rotatable bonds is 4. The molecule has 1 heterocycles. The summed E-state index contributed by atoms with van der Waals surface area (Å²) in [6.07, 6.45) is 0. The van der Waals surface area contributed by atoms with Crippen molar-refractivity contribution in [3.63, 3.8) is 0 Å². The summed E-state index contributed by atoms with van der Waals surface area (Å²) in [5, 5.41) is 3.36. The van der Waals surface area contributed by atoms with E-state index >= 15 is 0 Å². The molecular weight excluding hydrogens is 335 g/mol. The molecule has 0 radical (unpaired) electrons. The highest BCUT2D eigenvalue weighted by Gasteiger charge is 2.10. The molecule has 112 valence electrons. The molecule has 0 aliphatic carbocycles. The van der Waals surface area contributed by atoms with Gasteiger partial charge in [0.1, 0.15) is 11.6 Å². The fourth-order valence-electron chi connectivity index (χ4n) is 1.64. The number of ether oxygens (including phenoxy) is 1. The number of hydrogen-bond donors (Lipinski definition) is 1. The Morgan fingerprint density at radius 1 is 1.24 bits per heavy atom. The summed E-state index contributed by atoms with van der Waals surface area (Å²) < 4.78 is 19.6. The van der Waals surface area contributed by atoms with Crippen molar-refractivity contribution in [3.8, 4) is 11.6 Å². The second kappa shape index (κ2) is 6.54. The van der Waals surface area contributed by atoms with E-state index in [0.29, 0.717) is 22.6 Å². The van der Waals surface area contributed by atoms with Gasteiger partial charge in [-0.05, 0) is 54.9 Å². The van der Waals surface area contributed by atoms with Crippen molar-refractivity contribution >= 4 is 15.9 Å². The topological polar surface area (TPSA) is 34.1 Å². The Hall–Kier alpha value is -1.46. The molecule has 0 aliphatic heterocycles. The smallest absolute Gasteiger partial charge is 0.219 e. The first-order valence-corrected chi connectivity index (χ1v) is 7.47. The summed E-state index contributed by atoms with van der Waals surface area (Å²) >= 11 is 3.33. The Labute approximate surface area is 132 Å². The highest BCUT2D eigenvalue weighted by Crippen LogP contribution is 2.29. The number of nitrogens with zero attached hydrogens (tertiary/aromatic N) is 1. The number of halogens is 2. The lowest BCUT2D eigenvalue weighted by Gasteiger charge is -2.20. The molecule has 0 saturated carbocycles. The minimum Gasteiger partial charge on any atom is -0.438 e. The fourth-order valence-corrected chi connectivity index (χ4v) is 1.96. The zero-order valence-electron chi connectivity index (χ0n) is 12.3. The summed E-state index contributed by atoms with van der Waals surface area (Å²) in [7, 11) is 0.